The number of pyridine rings is 1. The molecule has 9 heteroatoms. The first-order chi connectivity index (χ1) is 14.0. The van der Waals surface area contributed by atoms with Crippen molar-refractivity contribution < 1.29 is 4.79 Å². The Bertz CT molecular complexity index is 1110. The zero-order chi connectivity index (χ0) is 21.0. The second-order valence-electron chi connectivity index (χ2n) is 7.09. The van der Waals surface area contributed by atoms with Gasteiger partial charge in [0.2, 0.25) is 0 Å². The fraction of sp³-hybridized carbons (Fsp3) is 0.500. The van der Waals surface area contributed by atoms with Crippen molar-refractivity contribution in [3.63, 3.8) is 0 Å². The van der Waals surface area contributed by atoms with E-state index in [-0.39, 0.29) is 48.4 Å². The minimum atomic E-state index is -0.656. The maximum Gasteiger partial charge on any atom is 0.329 e. The standard InChI is InChI=1S/C20H22N6O3/c1-2-9-26-17-16(18(27)24-20(26)29)14(12-15(23-17)13-5-6-13)19(28)25(10-3-7-21)11-4-8-22/h12-13H,2-6,9-11H2,1H3,(H,24,27,29). The molecule has 2 heterocycles. The average molecular weight is 394 g/mol. The molecule has 1 aliphatic carbocycles. The molecule has 1 fully saturated rings. The fourth-order valence-electron chi connectivity index (χ4n) is 3.34. The lowest BCUT2D eigenvalue weighted by Gasteiger charge is -2.22. The smallest absolute Gasteiger partial charge is 0.329 e. The predicted molar refractivity (Wildman–Crippen MR) is 105 cm³/mol. The van der Waals surface area contributed by atoms with Crippen LogP contribution in [0.3, 0.4) is 0 Å². The Morgan fingerprint density at radius 2 is 1.93 bits per heavy atom. The molecule has 0 spiro atoms. The first kappa shape index (κ1) is 20.3. The van der Waals surface area contributed by atoms with Crippen molar-refractivity contribution in [1.29, 1.82) is 10.5 Å². The molecule has 2 aromatic heterocycles. The number of aryl methyl sites for hydroxylation is 1. The molecule has 29 heavy (non-hydrogen) atoms. The summed E-state index contributed by atoms with van der Waals surface area (Å²) in [6, 6.07) is 5.63. The lowest BCUT2D eigenvalue weighted by Crippen LogP contribution is -2.36. The number of nitriles is 2. The van der Waals surface area contributed by atoms with Crippen LogP contribution in [0.2, 0.25) is 0 Å². The Balaban J connectivity index is 2.22. The highest BCUT2D eigenvalue weighted by atomic mass is 16.2. The summed E-state index contributed by atoms with van der Waals surface area (Å²) in [4.78, 5) is 46.6. The number of fused-ring (bicyclic) bond motifs is 1. The summed E-state index contributed by atoms with van der Waals surface area (Å²) >= 11 is 0. The van der Waals surface area contributed by atoms with Crippen LogP contribution in [0.4, 0.5) is 0 Å². The van der Waals surface area contributed by atoms with Crippen molar-refractivity contribution in [1.82, 2.24) is 19.4 Å². The zero-order valence-corrected chi connectivity index (χ0v) is 16.3. The normalized spacial score (nSPS) is 13.1. The number of hydrogen-bond acceptors (Lipinski definition) is 6. The molecular weight excluding hydrogens is 372 g/mol. The van der Waals surface area contributed by atoms with Crippen LogP contribution in [-0.2, 0) is 6.54 Å². The molecule has 150 valence electrons. The van der Waals surface area contributed by atoms with Gasteiger partial charge in [-0.3, -0.25) is 19.1 Å². The Labute approximate surface area is 167 Å². The number of nitrogens with one attached hydrogen (secondary N) is 1. The first-order valence-corrected chi connectivity index (χ1v) is 9.72. The number of amides is 1. The highest BCUT2D eigenvalue weighted by molar-refractivity contribution is 6.05. The number of hydrogen-bond donors (Lipinski definition) is 1. The van der Waals surface area contributed by atoms with Crippen molar-refractivity contribution in [2.24, 2.45) is 0 Å². The van der Waals surface area contributed by atoms with Gasteiger partial charge in [-0.05, 0) is 25.3 Å². The van der Waals surface area contributed by atoms with Gasteiger partial charge < -0.3 is 4.90 Å². The Morgan fingerprint density at radius 3 is 2.48 bits per heavy atom. The molecule has 0 unspecified atom stereocenters. The van der Waals surface area contributed by atoms with Crippen molar-refractivity contribution in [3.05, 3.63) is 38.2 Å². The third-order valence-corrected chi connectivity index (χ3v) is 4.92. The van der Waals surface area contributed by atoms with Gasteiger partial charge in [-0.25, -0.2) is 9.78 Å². The van der Waals surface area contributed by atoms with Gasteiger partial charge in [-0.1, -0.05) is 6.92 Å². The van der Waals surface area contributed by atoms with Crippen LogP contribution in [0.5, 0.6) is 0 Å². The van der Waals surface area contributed by atoms with Crippen molar-refractivity contribution >= 4 is 16.9 Å². The van der Waals surface area contributed by atoms with E-state index in [0.29, 0.717) is 18.7 Å². The molecule has 0 atom stereocenters. The van der Waals surface area contributed by atoms with Crippen LogP contribution in [-0.4, -0.2) is 38.4 Å². The molecule has 0 bridgehead atoms. The topological polar surface area (TPSA) is 136 Å². The summed E-state index contributed by atoms with van der Waals surface area (Å²) in [6.45, 7) is 2.59. The lowest BCUT2D eigenvalue weighted by molar-refractivity contribution is 0.0764. The summed E-state index contributed by atoms with van der Waals surface area (Å²) in [5.41, 5.74) is -0.131. The molecule has 1 aliphatic rings. The quantitative estimate of drug-likeness (QED) is 0.723. The van der Waals surface area contributed by atoms with Crippen molar-refractivity contribution in [2.45, 2.75) is 51.5 Å². The molecule has 1 saturated carbocycles. The van der Waals surface area contributed by atoms with E-state index < -0.39 is 17.2 Å². The summed E-state index contributed by atoms with van der Waals surface area (Å²) < 4.78 is 1.40. The van der Waals surface area contributed by atoms with E-state index in [1.807, 2.05) is 19.1 Å². The van der Waals surface area contributed by atoms with Gasteiger partial charge in [0.05, 0.1) is 35.9 Å². The van der Waals surface area contributed by atoms with Gasteiger partial charge in [0.15, 0.2) is 5.65 Å². The average Bonchev–Trinajstić information content (AvgIpc) is 3.55. The monoisotopic (exact) mass is 394 g/mol. The van der Waals surface area contributed by atoms with Gasteiger partial charge in [-0.2, -0.15) is 10.5 Å². The minimum Gasteiger partial charge on any atom is -0.337 e. The van der Waals surface area contributed by atoms with Crippen LogP contribution in [0.25, 0.3) is 11.0 Å². The molecule has 1 N–H and O–H groups in total. The van der Waals surface area contributed by atoms with Crippen LogP contribution >= 0.6 is 0 Å². The highest BCUT2D eigenvalue weighted by Gasteiger charge is 2.29. The Morgan fingerprint density at radius 1 is 1.28 bits per heavy atom. The number of aromatic amines is 1. The van der Waals surface area contributed by atoms with E-state index >= 15 is 0 Å². The van der Waals surface area contributed by atoms with Gasteiger partial charge in [0, 0.05) is 31.2 Å². The molecule has 2 aromatic rings. The lowest BCUT2D eigenvalue weighted by atomic mass is 10.1. The molecular formula is C20H22N6O3. The van der Waals surface area contributed by atoms with Crippen molar-refractivity contribution in [3.8, 4) is 12.1 Å². The second-order valence-corrected chi connectivity index (χ2v) is 7.09. The van der Waals surface area contributed by atoms with E-state index in [9.17, 15) is 14.4 Å². The number of H-pyrrole nitrogens is 1. The third-order valence-electron chi connectivity index (χ3n) is 4.92. The maximum absolute atomic E-state index is 13.3. The van der Waals surface area contributed by atoms with E-state index in [1.165, 1.54) is 9.47 Å². The van der Waals surface area contributed by atoms with E-state index in [4.69, 9.17) is 10.5 Å². The SMILES string of the molecule is CCCn1c(=O)[nH]c(=O)c2c(C(=O)N(CCC#N)CCC#N)cc(C3CC3)nc21. The highest BCUT2D eigenvalue weighted by Crippen LogP contribution is 2.40. The van der Waals surface area contributed by atoms with Gasteiger partial charge in [0.1, 0.15) is 0 Å². The first-order valence-electron chi connectivity index (χ1n) is 9.72. The number of carbonyl (C=O) groups is 1. The minimum absolute atomic E-state index is 0.0753. The zero-order valence-electron chi connectivity index (χ0n) is 16.3. The molecule has 0 aromatic carbocycles. The largest absolute Gasteiger partial charge is 0.337 e. The third kappa shape index (κ3) is 4.19. The van der Waals surface area contributed by atoms with Gasteiger partial charge in [0.25, 0.3) is 11.5 Å². The Kier molecular flexibility index (Phi) is 6.08. The fourth-order valence-corrected chi connectivity index (χ4v) is 3.34. The molecule has 3 rings (SSSR count). The summed E-state index contributed by atoms with van der Waals surface area (Å²) in [7, 11) is 0. The second kappa shape index (κ2) is 8.70. The molecule has 1 amide bonds. The number of carbonyl (C=O) groups excluding carboxylic acids is 1. The number of rotatable bonds is 8. The predicted octanol–water partition coefficient (Wildman–Crippen LogP) is 1.64. The van der Waals surface area contributed by atoms with E-state index in [2.05, 4.69) is 9.97 Å². The summed E-state index contributed by atoms with van der Waals surface area (Å²) in [5.74, 6) is -0.223. The van der Waals surface area contributed by atoms with Crippen LogP contribution in [0.15, 0.2) is 15.7 Å². The Hall–Kier alpha value is -3.46. The van der Waals surface area contributed by atoms with Crippen LogP contribution in [0.1, 0.15) is 61.0 Å². The molecule has 9 nitrogen and oxygen atoms in total. The van der Waals surface area contributed by atoms with Crippen LogP contribution in [0, 0.1) is 22.7 Å². The maximum atomic E-state index is 13.3. The number of aromatic nitrogens is 3. The van der Waals surface area contributed by atoms with Gasteiger partial charge in [-0.15, -0.1) is 0 Å². The summed E-state index contributed by atoms with van der Waals surface area (Å²) in [5, 5.41) is 17.9. The van der Waals surface area contributed by atoms with Gasteiger partial charge >= 0.3 is 5.69 Å². The van der Waals surface area contributed by atoms with Crippen molar-refractivity contribution in [2.75, 3.05) is 13.1 Å². The van der Waals surface area contributed by atoms with E-state index in [1.54, 1.807) is 6.07 Å². The molecule has 0 aliphatic heterocycles. The van der Waals surface area contributed by atoms with E-state index in [0.717, 1.165) is 12.8 Å². The van der Waals surface area contributed by atoms with Crippen LogP contribution < -0.4 is 11.2 Å². The summed E-state index contributed by atoms with van der Waals surface area (Å²) in [6.07, 6.45) is 2.79. The number of nitrogens with zero attached hydrogens (tertiary/aromatic N) is 5. The molecule has 0 saturated heterocycles. The molecule has 0 radical (unpaired) electrons.